The molecule has 0 atom stereocenters. The number of para-hydroxylation sites is 1. The zero-order valence-electron chi connectivity index (χ0n) is 12.8. The highest BCUT2D eigenvalue weighted by Crippen LogP contribution is 2.17. The van der Waals surface area contributed by atoms with Gasteiger partial charge in [0.25, 0.3) is 0 Å². The van der Waals surface area contributed by atoms with Gasteiger partial charge in [-0.3, -0.25) is 4.99 Å². The van der Waals surface area contributed by atoms with Gasteiger partial charge in [-0.2, -0.15) is 0 Å². The largest absolute Gasteiger partial charge is 0.496 e. The van der Waals surface area contributed by atoms with Crippen LogP contribution in [0.5, 0.6) is 5.75 Å². The predicted molar refractivity (Wildman–Crippen MR) is 96.4 cm³/mol. The van der Waals surface area contributed by atoms with E-state index in [1.807, 2.05) is 18.2 Å². The molecule has 114 valence electrons. The lowest BCUT2D eigenvalue weighted by Crippen LogP contribution is -2.41. The number of rotatable bonds is 6. The summed E-state index contributed by atoms with van der Waals surface area (Å²) < 4.78 is 5.34. The van der Waals surface area contributed by atoms with Crippen molar-refractivity contribution in [3.05, 3.63) is 29.8 Å². The third-order valence-corrected chi connectivity index (χ3v) is 2.61. The van der Waals surface area contributed by atoms with Crippen molar-refractivity contribution in [1.82, 2.24) is 10.6 Å². The zero-order valence-corrected chi connectivity index (χ0v) is 15.1. The van der Waals surface area contributed by atoms with Crippen LogP contribution >= 0.6 is 24.0 Å². The SMILES string of the molecule is CCNC(=NCCc1ccccc1OC)NC(C)C.I. The zero-order chi connectivity index (χ0) is 14.1. The molecule has 0 aliphatic carbocycles. The number of benzene rings is 1. The number of hydrogen-bond acceptors (Lipinski definition) is 2. The van der Waals surface area contributed by atoms with Crippen LogP contribution in [0.15, 0.2) is 29.3 Å². The van der Waals surface area contributed by atoms with Gasteiger partial charge < -0.3 is 15.4 Å². The number of methoxy groups -OCH3 is 1. The molecule has 0 radical (unpaired) electrons. The molecule has 0 fully saturated rings. The molecule has 5 heteroatoms. The summed E-state index contributed by atoms with van der Waals surface area (Å²) in [5, 5.41) is 6.54. The van der Waals surface area contributed by atoms with E-state index in [1.165, 1.54) is 5.56 Å². The normalized spacial score (nSPS) is 10.9. The number of halogens is 1. The fourth-order valence-corrected chi connectivity index (χ4v) is 1.79. The van der Waals surface area contributed by atoms with Gasteiger partial charge in [0.2, 0.25) is 0 Å². The minimum atomic E-state index is 0. The quantitative estimate of drug-likeness (QED) is 0.446. The second-order valence-corrected chi connectivity index (χ2v) is 4.62. The molecule has 4 nitrogen and oxygen atoms in total. The summed E-state index contributed by atoms with van der Waals surface area (Å²) in [6.07, 6.45) is 0.874. The number of nitrogens with zero attached hydrogens (tertiary/aromatic N) is 1. The third kappa shape index (κ3) is 6.98. The van der Waals surface area contributed by atoms with Gasteiger partial charge in [-0.25, -0.2) is 0 Å². The van der Waals surface area contributed by atoms with Gasteiger partial charge in [0.1, 0.15) is 5.75 Å². The summed E-state index contributed by atoms with van der Waals surface area (Å²) >= 11 is 0. The van der Waals surface area contributed by atoms with Crippen LogP contribution in [-0.4, -0.2) is 32.2 Å². The number of nitrogens with one attached hydrogen (secondary N) is 2. The van der Waals surface area contributed by atoms with Gasteiger partial charge in [0, 0.05) is 19.1 Å². The molecule has 0 saturated heterocycles. The summed E-state index contributed by atoms with van der Waals surface area (Å²) in [6.45, 7) is 7.88. The van der Waals surface area contributed by atoms with E-state index in [-0.39, 0.29) is 24.0 Å². The highest BCUT2D eigenvalue weighted by molar-refractivity contribution is 14.0. The molecule has 1 rings (SSSR count). The van der Waals surface area contributed by atoms with Gasteiger partial charge in [-0.1, -0.05) is 18.2 Å². The average Bonchev–Trinajstić information content (AvgIpc) is 2.39. The van der Waals surface area contributed by atoms with E-state index in [4.69, 9.17) is 4.74 Å². The molecule has 0 saturated carbocycles. The van der Waals surface area contributed by atoms with E-state index in [2.05, 4.69) is 42.5 Å². The molecule has 1 aromatic rings. The summed E-state index contributed by atoms with van der Waals surface area (Å²) in [7, 11) is 1.70. The highest BCUT2D eigenvalue weighted by Gasteiger charge is 2.02. The first kappa shape index (κ1) is 19.0. The molecule has 20 heavy (non-hydrogen) atoms. The van der Waals surface area contributed by atoms with Crippen molar-refractivity contribution in [2.24, 2.45) is 4.99 Å². The van der Waals surface area contributed by atoms with Crippen molar-refractivity contribution in [2.75, 3.05) is 20.2 Å². The monoisotopic (exact) mass is 391 g/mol. The Morgan fingerprint density at radius 2 is 2.00 bits per heavy atom. The van der Waals surface area contributed by atoms with Crippen LogP contribution in [0.25, 0.3) is 0 Å². The Hall–Kier alpha value is -0.980. The van der Waals surface area contributed by atoms with Crippen LogP contribution in [0.2, 0.25) is 0 Å². The third-order valence-electron chi connectivity index (χ3n) is 2.61. The van der Waals surface area contributed by atoms with Gasteiger partial charge in [0.05, 0.1) is 7.11 Å². The standard InChI is InChI=1S/C15H25N3O.HI/c1-5-16-15(18-12(2)3)17-11-10-13-8-6-7-9-14(13)19-4;/h6-9,12H,5,10-11H2,1-4H3,(H2,16,17,18);1H. The Labute approximate surface area is 139 Å². The smallest absolute Gasteiger partial charge is 0.191 e. The maximum absolute atomic E-state index is 5.34. The lowest BCUT2D eigenvalue weighted by atomic mass is 10.1. The Morgan fingerprint density at radius 3 is 2.60 bits per heavy atom. The topological polar surface area (TPSA) is 45.7 Å². The molecule has 1 aromatic carbocycles. The Kier molecular flexibility index (Phi) is 10.2. The van der Waals surface area contributed by atoms with Crippen LogP contribution in [0.3, 0.4) is 0 Å². The molecule has 0 aliphatic rings. The fraction of sp³-hybridized carbons (Fsp3) is 0.533. The number of hydrogen-bond donors (Lipinski definition) is 2. The van der Waals surface area contributed by atoms with Crippen LogP contribution in [0, 0.1) is 0 Å². The Bertz CT molecular complexity index is 408. The molecule has 0 aromatic heterocycles. The summed E-state index contributed by atoms with van der Waals surface area (Å²) in [5.74, 6) is 1.80. The van der Waals surface area contributed by atoms with E-state index in [9.17, 15) is 0 Å². The first-order valence-electron chi connectivity index (χ1n) is 6.84. The molecule has 2 N–H and O–H groups in total. The molecule has 0 aliphatic heterocycles. The second-order valence-electron chi connectivity index (χ2n) is 4.62. The summed E-state index contributed by atoms with van der Waals surface area (Å²) in [6, 6.07) is 8.45. The van der Waals surface area contributed by atoms with Crippen molar-refractivity contribution in [3.8, 4) is 5.75 Å². The molecular formula is C15H26IN3O. The van der Waals surface area contributed by atoms with Gasteiger partial charge >= 0.3 is 0 Å². The maximum Gasteiger partial charge on any atom is 0.191 e. The summed E-state index contributed by atoms with van der Waals surface area (Å²) in [4.78, 5) is 4.56. The van der Waals surface area contributed by atoms with E-state index in [1.54, 1.807) is 7.11 Å². The van der Waals surface area contributed by atoms with E-state index >= 15 is 0 Å². The lowest BCUT2D eigenvalue weighted by Gasteiger charge is -2.14. The first-order valence-corrected chi connectivity index (χ1v) is 6.84. The maximum atomic E-state index is 5.34. The van der Waals surface area contributed by atoms with Crippen LogP contribution in [0.1, 0.15) is 26.3 Å². The van der Waals surface area contributed by atoms with Crippen molar-refractivity contribution in [3.63, 3.8) is 0 Å². The minimum Gasteiger partial charge on any atom is -0.496 e. The van der Waals surface area contributed by atoms with Crippen molar-refractivity contribution < 1.29 is 4.74 Å². The first-order chi connectivity index (χ1) is 9.17. The van der Waals surface area contributed by atoms with Gasteiger partial charge in [0.15, 0.2) is 5.96 Å². The van der Waals surface area contributed by atoms with Crippen LogP contribution in [0.4, 0.5) is 0 Å². The average molecular weight is 391 g/mol. The van der Waals surface area contributed by atoms with E-state index in [0.29, 0.717) is 6.04 Å². The Morgan fingerprint density at radius 1 is 1.30 bits per heavy atom. The Balaban J connectivity index is 0.00000361. The van der Waals surface area contributed by atoms with Gasteiger partial charge in [-0.15, -0.1) is 24.0 Å². The lowest BCUT2D eigenvalue weighted by molar-refractivity contribution is 0.410. The number of ether oxygens (including phenoxy) is 1. The minimum absolute atomic E-state index is 0. The van der Waals surface area contributed by atoms with Crippen LogP contribution < -0.4 is 15.4 Å². The van der Waals surface area contributed by atoms with E-state index in [0.717, 1.165) is 31.2 Å². The van der Waals surface area contributed by atoms with Crippen molar-refractivity contribution >= 4 is 29.9 Å². The van der Waals surface area contributed by atoms with E-state index < -0.39 is 0 Å². The van der Waals surface area contributed by atoms with Crippen LogP contribution in [-0.2, 0) is 6.42 Å². The fourth-order valence-electron chi connectivity index (χ4n) is 1.79. The van der Waals surface area contributed by atoms with Crippen molar-refractivity contribution in [1.29, 1.82) is 0 Å². The predicted octanol–water partition coefficient (Wildman–Crippen LogP) is 2.82. The summed E-state index contributed by atoms with van der Waals surface area (Å²) in [5.41, 5.74) is 1.19. The molecular weight excluding hydrogens is 365 g/mol. The number of aliphatic imine (C=N–C) groups is 1. The van der Waals surface area contributed by atoms with Crippen molar-refractivity contribution in [2.45, 2.75) is 33.2 Å². The van der Waals surface area contributed by atoms with Gasteiger partial charge in [-0.05, 0) is 38.8 Å². The second kappa shape index (κ2) is 10.8. The molecule has 0 spiro atoms. The molecule has 0 amide bonds. The number of guanidine groups is 1. The molecule has 0 unspecified atom stereocenters. The molecule has 0 bridgehead atoms. The molecule has 0 heterocycles. The highest BCUT2D eigenvalue weighted by atomic mass is 127.